The number of hydrogen-bond donors (Lipinski definition) is 2. The molecule has 0 bridgehead atoms. The number of rotatable bonds is 3. The molecule has 0 aromatic carbocycles. The monoisotopic (exact) mass is 198 g/mol. The van der Waals surface area contributed by atoms with E-state index in [0.29, 0.717) is 11.0 Å². The van der Waals surface area contributed by atoms with Gasteiger partial charge in [0.25, 0.3) is 0 Å². The van der Waals surface area contributed by atoms with E-state index in [0.717, 1.165) is 24.1 Å². The quantitative estimate of drug-likeness (QED) is 0.777. The second kappa shape index (κ2) is 2.96. The zero-order valence-corrected chi connectivity index (χ0v) is 8.47. The molecule has 3 nitrogen and oxygen atoms in total. The molecule has 13 heavy (non-hydrogen) atoms. The van der Waals surface area contributed by atoms with Crippen molar-refractivity contribution in [3.8, 4) is 0 Å². The van der Waals surface area contributed by atoms with Crippen molar-refractivity contribution >= 4 is 16.5 Å². The number of hydrogen-bond acceptors (Lipinski definition) is 4. The topological polar surface area (TPSA) is 59.1 Å². The summed E-state index contributed by atoms with van der Waals surface area (Å²) < 4.78 is 0. The van der Waals surface area contributed by atoms with Gasteiger partial charge < -0.3 is 10.8 Å². The summed E-state index contributed by atoms with van der Waals surface area (Å²) in [7, 11) is 0. The Morgan fingerprint density at radius 1 is 1.77 bits per heavy atom. The third kappa shape index (κ3) is 1.44. The number of nitrogens with two attached hydrogens (primary N) is 1. The van der Waals surface area contributed by atoms with Crippen molar-refractivity contribution in [1.29, 1.82) is 0 Å². The van der Waals surface area contributed by atoms with Crippen molar-refractivity contribution in [3.05, 3.63) is 11.1 Å². The Morgan fingerprint density at radius 2 is 2.46 bits per heavy atom. The van der Waals surface area contributed by atoms with Crippen LogP contribution in [0.4, 0.5) is 5.13 Å². The number of thiazole rings is 1. The first kappa shape index (κ1) is 8.97. The Hall–Kier alpha value is -0.610. The largest absolute Gasteiger partial charge is 0.384 e. The highest BCUT2D eigenvalue weighted by Gasteiger charge is 2.44. The predicted molar refractivity (Wildman–Crippen MR) is 53.4 cm³/mol. The Bertz CT molecular complexity index is 308. The zero-order valence-electron chi connectivity index (χ0n) is 7.66. The molecule has 0 radical (unpaired) electrons. The molecule has 1 aromatic rings. The van der Waals surface area contributed by atoms with E-state index in [9.17, 15) is 5.11 Å². The van der Waals surface area contributed by atoms with E-state index in [1.54, 1.807) is 6.20 Å². The SMILES string of the molecule is CCC(O)(c1cnc(N)s1)C1CC1. The average molecular weight is 198 g/mol. The lowest BCUT2D eigenvalue weighted by molar-refractivity contribution is 0.0124. The first-order valence-electron chi connectivity index (χ1n) is 4.61. The number of anilines is 1. The molecule has 0 spiro atoms. The number of aliphatic hydroxyl groups is 1. The van der Waals surface area contributed by atoms with Gasteiger partial charge in [-0.15, -0.1) is 0 Å². The van der Waals surface area contributed by atoms with Gasteiger partial charge in [0.05, 0.1) is 4.88 Å². The lowest BCUT2D eigenvalue weighted by Gasteiger charge is -2.24. The zero-order chi connectivity index (χ0) is 9.47. The predicted octanol–water partition coefficient (Wildman–Crippen LogP) is 1.73. The van der Waals surface area contributed by atoms with Crippen molar-refractivity contribution in [2.24, 2.45) is 5.92 Å². The Morgan fingerprint density at radius 3 is 2.85 bits per heavy atom. The fourth-order valence-corrected chi connectivity index (χ4v) is 2.64. The second-order valence-electron chi connectivity index (χ2n) is 3.61. The first-order valence-corrected chi connectivity index (χ1v) is 5.42. The summed E-state index contributed by atoms with van der Waals surface area (Å²) in [6, 6.07) is 0. The average Bonchev–Trinajstić information content (AvgIpc) is 2.89. The van der Waals surface area contributed by atoms with Gasteiger partial charge in [-0.2, -0.15) is 0 Å². The van der Waals surface area contributed by atoms with Crippen LogP contribution >= 0.6 is 11.3 Å². The summed E-state index contributed by atoms with van der Waals surface area (Å²) in [6.07, 6.45) is 4.71. The van der Waals surface area contributed by atoms with Crippen molar-refractivity contribution < 1.29 is 5.11 Å². The van der Waals surface area contributed by atoms with E-state index in [2.05, 4.69) is 4.98 Å². The van der Waals surface area contributed by atoms with Gasteiger partial charge in [0.15, 0.2) is 5.13 Å². The molecule has 1 aliphatic rings. The molecule has 72 valence electrons. The van der Waals surface area contributed by atoms with Crippen LogP contribution in [-0.2, 0) is 5.60 Å². The van der Waals surface area contributed by atoms with Gasteiger partial charge in [-0.05, 0) is 25.2 Å². The van der Waals surface area contributed by atoms with Gasteiger partial charge in [-0.3, -0.25) is 0 Å². The molecule has 1 saturated carbocycles. The summed E-state index contributed by atoms with van der Waals surface area (Å²) in [6.45, 7) is 2.01. The highest BCUT2D eigenvalue weighted by atomic mass is 32.1. The first-order chi connectivity index (χ1) is 6.16. The Balaban J connectivity index is 2.29. The smallest absolute Gasteiger partial charge is 0.180 e. The highest BCUT2D eigenvalue weighted by Crippen LogP contribution is 2.49. The molecule has 1 atom stereocenters. The second-order valence-corrected chi connectivity index (χ2v) is 4.68. The third-order valence-electron chi connectivity index (χ3n) is 2.74. The van der Waals surface area contributed by atoms with Crippen LogP contribution in [0.25, 0.3) is 0 Å². The molecule has 4 heteroatoms. The summed E-state index contributed by atoms with van der Waals surface area (Å²) in [5, 5.41) is 10.9. The molecule has 1 fully saturated rings. The summed E-state index contributed by atoms with van der Waals surface area (Å²) in [5.41, 5.74) is 4.89. The van der Waals surface area contributed by atoms with E-state index in [-0.39, 0.29) is 0 Å². The molecular formula is C9H14N2OS. The van der Waals surface area contributed by atoms with Crippen LogP contribution in [0, 0.1) is 5.92 Å². The molecule has 1 aliphatic carbocycles. The van der Waals surface area contributed by atoms with Crippen molar-refractivity contribution in [2.75, 3.05) is 5.73 Å². The van der Waals surface area contributed by atoms with E-state index < -0.39 is 5.60 Å². The van der Waals surface area contributed by atoms with E-state index in [4.69, 9.17) is 5.73 Å². The van der Waals surface area contributed by atoms with E-state index in [1.165, 1.54) is 11.3 Å². The van der Waals surface area contributed by atoms with Gasteiger partial charge in [0.2, 0.25) is 0 Å². The number of nitrogens with zero attached hydrogens (tertiary/aromatic N) is 1. The van der Waals surface area contributed by atoms with Crippen LogP contribution in [0.3, 0.4) is 0 Å². The van der Waals surface area contributed by atoms with Crippen LogP contribution in [-0.4, -0.2) is 10.1 Å². The maximum Gasteiger partial charge on any atom is 0.180 e. The molecule has 2 rings (SSSR count). The molecule has 1 unspecified atom stereocenters. The van der Waals surface area contributed by atoms with Crippen molar-refractivity contribution in [1.82, 2.24) is 4.98 Å². The Kier molecular flexibility index (Phi) is 2.04. The molecule has 3 N–H and O–H groups in total. The molecule has 0 aliphatic heterocycles. The third-order valence-corrected chi connectivity index (χ3v) is 3.74. The van der Waals surface area contributed by atoms with Crippen LogP contribution in [0.15, 0.2) is 6.20 Å². The van der Waals surface area contributed by atoms with Gasteiger partial charge >= 0.3 is 0 Å². The van der Waals surface area contributed by atoms with Crippen LogP contribution < -0.4 is 5.73 Å². The lowest BCUT2D eigenvalue weighted by Crippen LogP contribution is -2.25. The van der Waals surface area contributed by atoms with Gasteiger partial charge in [0.1, 0.15) is 5.60 Å². The van der Waals surface area contributed by atoms with Gasteiger partial charge in [-0.25, -0.2) is 4.98 Å². The fourth-order valence-electron chi connectivity index (χ4n) is 1.71. The standard InChI is InChI=1S/C9H14N2OS/c1-2-9(12,6-3-4-6)7-5-11-8(10)13-7/h5-6,12H,2-4H2,1H3,(H2,10,11). The molecule has 0 saturated heterocycles. The number of nitrogen functional groups attached to an aromatic ring is 1. The van der Waals surface area contributed by atoms with Gasteiger partial charge in [-0.1, -0.05) is 18.3 Å². The maximum absolute atomic E-state index is 10.4. The van der Waals surface area contributed by atoms with Crippen molar-refractivity contribution in [3.63, 3.8) is 0 Å². The molecule has 1 heterocycles. The highest BCUT2D eigenvalue weighted by molar-refractivity contribution is 7.15. The summed E-state index contributed by atoms with van der Waals surface area (Å²) in [4.78, 5) is 4.90. The van der Waals surface area contributed by atoms with Crippen LogP contribution in [0.2, 0.25) is 0 Å². The fraction of sp³-hybridized carbons (Fsp3) is 0.667. The summed E-state index contributed by atoms with van der Waals surface area (Å²) >= 11 is 1.40. The maximum atomic E-state index is 10.4. The summed E-state index contributed by atoms with van der Waals surface area (Å²) in [5.74, 6) is 0.428. The minimum atomic E-state index is -0.657. The Labute approximate surface area is 81.6 Å². The molecule has 0 amide bonds. The van der Waals surface area contributed by atoms with Crippen LogP contribution in [0.1, 0.15) is 31.1 Å². The number of aromatic nitrogens is 1. The molecule has 1 aromatic heterocycles. The van der Waals surface area contributed by atoms with Crippen molar-refractivity contribution in [2.45, 2.75) is 31.8 Å². The molecular weight excluding hydrogens is 184 g/mol. The van der Waals surface area contributed by atoms with E-state index >= 15 is 0 Å². The minimum Gasteiger partial charge on any atom is -0.384 e. The van der Waals surface area contributed by atoms with Crippen LogP contribution in [0.5, 0.6) is 0 Å². The lowest BCUT2D eigenvalue weighted by atomic mass is 9.93. The normalized spacial score (nSPS) is 21.4. The minimum absolute atomic E-state index is 0.428. The van der Waals surface area contributed by atoms with E-state index in [1.807, 2.05) is 6.92 Å². The van der Waals surface area contributed by atoms with Gasteiger partial charge in [0, 0.05) is 6.20 Å².